The minimum absolute atomic E-state index is 0.112. The highest BCUT2D eigenvalue weighted by Crippen LogP contribution is 2.31. The Kier molecular flexibility index (Phi) is 38.4. The molecular formula is C48H90O4. The smallest absolute Gasteiger partial charge is 0.153 e. The Hall–Kier alpha value is -1.32. The predicted octanol–water partition coefficient (Wildman–Crippen LogP) is 15.5. The van der Waals surface area contributed by atoms with Crippen LogP contribution in [0.1, 0.15) is 278 Å². The average Bonchev–Trinajstić information content (AvgIpc) is 3.15. The number of aldehydes is 1. The first kappa shape index (κ1) is 50.7. The van der Waals surface area contributed by atoms with E-state index in [-0.39, 0.29) is 11.6 Å². The van der Waals surface area contributed by atoms with Crippen LogP contribution in [0.15, 0.2) is 0 Å². The summed E-state index contributed by atoms with van der Waals surface area (Å²) in [6.07, 6.45) is 44.6. The van der Waals surface area contributed by atoms with Crippen LogP contribution < -0.4 is 0 Å². The van der Waals surface area contributed by atoms with E-state index in [0.717, 1.165) is 109 Å². The zero-order valence-electron chi connectivity index (χ0n) is 35.5. The van der Waals surface area contributed by atoms with Crippen LogP contribution in [-0.4, -0.2) is 23.6 Å². The third-order valence-corrected chi connectivity index (χ3v) is 11.5. The first-order chi connectivity index (χ1) is 25.5. The van der Waals surface area contributed by atoms with Gasteiger partial charge >= 0.3 is 0 Å². The van der Waals surface area contributed by atoms with Crippen molar-refractivity contribution in [2.24, 2.45) is 5.41 Å². The molecule has 0 aromatic heterocycles. The van der Waals surface area contributed by atoms with Gasteiger partial charge in [0.25, 0.3) is 0 Å². The van der Waals surface area contributed by atoms with E-state index in [9.17, 15) is 19.2 Å². The molecule has 0 bridgehead atoms. The fourth-order valence-electron chi connectivity index (χ4n) is 7.81. The summed E-state index contributed by atoms with van der Waals surface area (Å²) in [6, 6.07) is 0. The molecule has 0 aromatic carbocycles. The Morgan fingerprint density at radius 3 is 0.827 bits per heavy atom. The number of hydrogen-bond donors (Lipinski definition) is 0. The maximum Gasteiger partial charge on any atom is 0.153 e. The molecule has 0 rings (SSSR count). The maximum absolute atomic E-state index is 13.6. The lowest BCUT2D eigenvalue weighted by molar-refractivity contribution is -0.145. The van der Waals surface area contributed by atoms with Crippen LogP contribution >= 0.6 is 0 Å². The molecule has 0 spiro atoms. The van der Waals surface area contributed by atoms with E-state index in [4.69, 9.17) is 0 Å². The second-order valence-corrected chi connectivity index (χ2v) is 16.5. The zero-order chi connectivity index (χ0) is 38.2. The van der Waals surface area contributed by atoms with E-state index < -0.39 is 5.41 Å². The van der Waals surface area contributed by atoms with Gasteiger partial charge in [0.05, 0.1) is 0 Å². The van der Waals surface area contributed by atoms with Crippen molar-refractivity contribution in [2.75, 3.05) is 0 Å². The number of carbonyl (C=O) groups excluding carboxylic acids is 4. The molecule has 0 amide bonds. The molecule has 0 aliphatic carbocycles. The van der Waals surface area contributed by atoms with Crippen LogP contribution in [0.5, 0.6) is 0 Å². The molecule has 0 atom stereocenters. The zero-order valence-corrected chi connectivity index (χ0v) is 35.5. The Labute approximate surface area is 325 Å². The number of hydrogen-bond acceptors (Lipinski definition) is 4. The summed E-state index contributed by atoms with van der Waals surface area (Å²) >= 11 is 0. The largest absolute Gasteiger partial charge is 0.302 e. The van der Waals surface area contributed by atoms with Crippen molar-refractivity contribution in [3.05, 3.63) is 0 Å². The third kappa shape index (κ3) is 30.1. The average molecular weight is 731 g/mol. The second kappa shape index (κ2) is 39.4. The molecule has 0 fully saturated rings. The summed E-state index contributed by atoms with van der Waals surface area (Å²) in [4.78, 5) is 52.1. The van der Waals surface area contributed by atoms with E-state index in [2.05, 4.69) is 20.8 Å². The lowest BCUT2D eigenvalue weighted by Crippen LogP contribution is -2.41. The lowest BCUT2D eigenvalue weighted by atomic mass is 9.73. The highest BCUT2D eigenvalue weighted by molar-refractivity contribution is 6.18. The van der Waals surface area contributed by atoms with E-state index >= 15 is 0 Å². The van der Waals surface area contributed by atoms with Gasteiger partial charge < -0.3 is 4.79 Å². The molecule has 0 aliphatic heterocycles. The van der Waals surface area contributed by atoms with E-state index in [1.54, 1.807) is 0 Å². The van der Waals surface area contributed by atoms with Crippen molar-refractivity contribution in [3.8, 4) is 0 Å². The van der Waals surface area contributed by atoms with Crippen LogP contribution in [0.2, 0.25) is 0 Å². The predicted molar refractivity (Wildman–Crippen MR) is 225 cm³/mol. The van der Waals surface area contributed by atoms with Crippen molar-refractivity contribution < 1.29 is 19.2 Å². The quantitative estimate of drug-likeness (QED) is 0.0355. The molecule has 306 valence electrons. The van der Waals surface area contributed by atoms with Gasteiger partial charge in [-0.1, -0.05) is 220 Å². The standard InChI is InChI=1S/C48H90O4/c1-4-7-10-13-16-19-24-29-34-39-45(50)40-35-30-25-22-23-28-33-38-43-48(44-49,46(51)41-36-31-26-20-17-14-11-8-5-2)47(52)42-37-32-27-21-18-15-12-9-6-3/h44H,4-43H2,1-3H3. The topological polar surface area (TPSA) is 68.3 Å². The fourth-order valence-corrected chi connectivity index (χ4v) is 7.81. The maximum atomic E-state index is 13.6. The third-order valence-electron chi connectivity index (χ3n) is 11.5. The number of unbranched alkanes of at least 4 members (excludes halogenated alkanes) is 31. The fraction of sp³-hybridized carbons (Fsp3) is 0.917. The molecule has 0 heterocycles. The van der Waals surface area contributed by atoms with Gasteiger partial charge in [-0.15, -0.1) is 0 Å². The Bertz CT molecular complexity index is 783. The van der Waals surface area contributed by atoms with Crippen LogP contribution in [0, 0.1) is 5.41 Å². The minimum Gasteiger partial charge on any atom is -0.302 e. The molecule has 52 heavy (non-hydrogen) atoms. The molecule has 0 saturated heterocycles. The Balaban J connectivity index is 4.41. The lowest BCUT2D eigenvalue weighted by Gasteiger charge is -2.25. The molecule has 0 unspecified atom stereocenters. The summed E-state index contributed by atoms with van der Waals surface area (Å²) in [5.74, 6) is 0.221. The number of Topliss-reactive ketones (excluding diaryl/α,β-unsaturated/α-hetero) is 3. The normalized spacial score (nSPS) is 11.7. The van der Waals surface area contributed by atoms with E-state index in [0.29, 0.717) is 25.0 Å². The van der Waals surface area contributed by atoms with Gasteiger partial charge in [-0.25, -0.2) is 0 Å². The van der Waals surface area contributed by atoms with Crippen LogP contribution in [0.25, 0.3) is 0 Å². The summed E-state index contributed by atoms with van der Waals surface area (Å²) in [6.45, 7) is 6.74. The van der Waals surface area contributed by atoms with Gasteiger partial charge in [0.15, 0.2) is 11.6 Å². The Morgan fingerprint density at radius 2 is 0.558 bits per heavy atom. The van der Waals surface area contributed by atoms with Crippen LogP contribution in [-0.2, 0) is 19.2 Å². The number of carbonyl (C=O) groups is 4. The van der Waals surface area contributed by atoms with Crippen molar-refractivity contribution in [1.82, 2.24) is 0 Å². The summed E-state index contributed by atoms with van der Waals surface area (Å²) in [7, 11) is 0. The summed E-state index contributed by atoms with van der Waals surface area (Å²) in [5.41, 5.74) is -1.42. The first-order valence-electron chi connectivity index (χ1n) is 23.5. The SMILES string of the molecule is CCCCCCCCCCCC(=O)CCCCCCCCCCC(C=O)(C(=O)CCCCCCCCCCC)C(=O)CCCCCCCCCCC. The van der Waals surface area contributed by atoms with Crippen molar-refractivity contribution in [2.45, 2.75) is 278 Å². The van der Waals surface area contributed by atoms with Gasteiger partial charge in [0, 0.05) is 25.7 Å². The monoisotopic (exact) mass is 731 g/mol. The molecular weight excluding hydrogens is 641 g/mol. The molecule has 0 saturated carbocycles. The van der Waals surface area contributed by atoms with Crippen LogP contribution in [0.4, 0.5) is 0 Å². The molecule has 0 aromatic rings. The van der Waals surface area contributed by atoms with Gasteiger partial charge in [-0.05, 0) is 32.1 Å². The van der Waals surface area contributed by atoms with Gasteiger partial charge in [0.2, 0.25) is 0 Å². The van der Waals surface area contributed by atoms with Gasteiger partial charge in [-0.3, -0.25) is 14.4 Å². The molecule has 4 heteroatoms. The van der Waals surface area contributed by atoms with Gasteiger partial charge in [0.1, 0.15) is 17.5 Å². The second-order valence-electron chi connectivity index (χ2n) is 16.5. The van der Waals surface area contributed by atoms with E-state index in [1.807, 2.05) is 0 Å². The van der Waals surface area contributed by atoms with E-state index in [1.165, 1.54) is 135 Å². The molecule has 4 nitrogen and oxygen atoms in total. The molecule has 0 N–H and O–H groups in total. The minimum atomic E-state index is -1.42. The van der Waals surface area contributed by atoms with Gasteiger partial charge in [-0.2, -0.15) is 0 Å². The Morgan fingerprint density at radius 1 is 0.327 bits per heavy atom. The molecule has 0 radical (unpaired) electrons. The highest BCUT2D eigenvalue weighted by Gasteiger charge is 2.43. The van der Waals surface area contributed by atoms with Crippen molar-refractivity contribution in [1.29, 1.82) is 0 Å². The first-order valence-corrected chi connectivity index (χ1v) is 23.5. The number of ketones is 3. The molecule has 0 aliphatic rings. The summed E-state index contributed by atoms with van der Waals surface area (Å²) < 4.78 is 0. The summed E-state index contributed by atoms with van der Waals surface area (Å²) in [5, 5.41) is 0. The highest BCUT2D eigenvalue weighted by atomic mass is 16.2. The van der Waals surface area contributed by atoms with Crippen molar-refractivity contribution >= 4 is 23.6 Å². The van der Waals surface area contributed by atoms with Crippen LogP contribution in [0.3, 0.4) is 0 Å². The van der Waals surface area contributed by atoms with Crippen molar-refractivity contribution in [3.63, 3.8) is 0 Å². The number of rotatable bonds is 44.